The second-order valence-corrected chi connectivity index (χ2v) is 8.73. The van der Waals surface area contributed by atoms with Crippen LogP contribution in [0, 0.1) is 6.92 Å². The molecule has 1 saturated heterocycles. The third-order valence-electron chi connectivity index (χ3n) is 4.43. The lowest BCUT2D eigenvalue weighted by Gasteiger charge is -2.12. The van der Waals surface area contributed by atoms with Gasteiger partial charge in [-0.15, -0.1) is 24.0 Å². The molecule has 1 atom stereocenters. The number of hydrogen-bond acceptors (Lipinski definition) is 5. The molecular weight excluding hydrogens is 519 g/mol. The summed E-state index contributed by atoms with van der Waals surface area (Å²) >= 11 is 0. The molecule has 1 heterocycles. The Morgan fingerprint density at radius 1 is 1.23 bits per heavy atom. The van der Waals surface area contributed by atoms with Gasteiger partial charge < -0.3 is 20.1 Å². The molecule has 0 radical (unpaired) electrons. The maximum atomic E-state index is 12.3. The third-order valence-corrected chi connectivity index (χ3v) is 5.91. The molecule has 10 heteroatoms. The topological polar surface area (TPSA) is 101 Å². The second-order valence-electron chi connectivity index (χ2n) is 6.96. The first kappa shape index (κ1) is 27.1. The maximum Gasteiger partial charge on any atom is 0.240 e. The molecule has 2 rings (SSSR count). The summed E-state index contributed by atoms with van der Waals surface area (Å²) in [5.74, 6) is 0.668. The largest absolute Gasteiger partial charge is 0.379 e. The second kappa shape index (κ2) is 15.0. The van der Waals surface area contributed by atoms with Crippen molar-refractivity contribution in [3.63, 3.8) is 0 Å². The predicted octanol–water partition coefficient (Wildman–Crippen LogP) is 2.03. The van der Waals surface area contributed by atoms with E-state index in [2.05, 4.69) is 20.3 Å². The van der Waals surface area contributed by atoms with Crippen molar-refractivity contribution in [3.05, 3.63) is 29.8 Å². The number of sulfonamides is 1. The Morgan fingerprint density at radius 3 is 2.67 bits per heavy atom. The molecule has 0 amide bonds. The molecule has 0 aromatic heterocycles. The molecule has 0 aliphatic carbocycles. The Balaban J connectivity index is 0.00000450. The number of aliphatic imine (C=N–C) groups is 1. The lowest BCUT2D eigenvalue weighted by molar-refractivity contribution is 0.0171. The minimum atomic E-state index is -3.50. The number of halogens is 1. The van der Waals surface area contributed by atoms with E-state index in [9.17, 15) is 8.42 Å². The highest BCUT2D eigenvalue weighted by atomic mass is 127. The van der Waals surface area contributed by atoms with Crippen molar-refractivity contribution in [2.24, 2.45) is 4.99 Å². The summed E-state index contributed by atoms with van der Waals surface area (Å²) in [6.45, 7) is 8.14. The van der Waals surface area contributed by atoms with Crippen LogP contribution in [0.4, 0.5) is 0 Å². The molecular formula is C20H35IN4O4S. The zero-order valence-corrected chi connectivity index (χ0v) is 21.0. The van der Waals surface area contributed by atoms with Crippen LogP contribution in [-0.2, 0) is 19.5 Å². The number of hydrogen-bond donors (Lipinski definition) is 3. The molecule has 1 aromatic rings. The Hall–Kier alpha value is -0.950. The molecule has 30 heavy (non-hydrogen) atoms. The monoisotopic (exact) mass is 554 g/mol. The van der Waals surface area contributed by atoms with Crippen LogP contribution in [0.15, 0.2) is 34.2 Å². The van der Waals surface area contributed by atoms with Gasteiger partial charge in [-0.3, -0.25) is 4.99 Å². The lowest BCUT2D eigenvalue weighted by atomic mass is 10.2. The van der Waals surface area contributed by atoms with E-state index in [0.29, 0.717) is 32.3 Å². The van der Waals surface area contributed by atoms with Crippen LogP contribution in [-0.4, -0.2) is 66.5 Å². The van der Waals surface area contributed by atoms with Crippen LogP contribution in [0.5, 0.6) is 0 Å². The summed E-state index contributed by atoms with van der Waals surface area (Å²) in [4.78, 5) is 4.76. The van der Waals surface area contributed by atoms with Gasteiger partial charge in [-0.2, -0.15) is 0 Å². The van der Waals surface area contributed by atoms with Crippen LogP contribution < -0.4 is 15.4 Å². The van der Waals surface area contributed by atoms with Gasteiger partial charge in [0.25, 0.3) is 0 Å². The van der Waals surface area contributed by atoms with E-state index in [1.165, 1.54) is 0 Å². The molecule has 172 valence electrons. The number of ether oxygens (including phenoxy) is 2. The summed E-state index contributed by atoms with van der Waals surface area (Å²) in [6, 6.07) is 6.79. The van der Waals surface area contributed by atoms with Crippen LogP contribution >= 0.6 is 24.0 Å². The zero-order chi connectivity index (χ0) is 21.0. The van der Waals surface area contributed by atoms with Crippen molar-refractivity contribution in [2.75, 3.05) is 46.0 Å². The fraction of sp³-hybridized carbons (Fsp3) is 0.650. The van der Waals surface area contributed by atoms with Gasteiger partial charge in [-0.1, -0.05) is 17.7 Å². The van der Waals surface area contributed by atoms with E-state index in [4.69, 9.17) is 9.47 Å². The molecule has 1 fully saturated rings. The molecule has 3 N–H and O–H groups in total. The summed E-state index contributed by atoms with van der Waals surface area (Å²) in [5, 5.41) is 6.30. The molecule has 0 saturated carbocycles. The number of guanidine groups is 1. The normalized spacial score (nSPS) is 16.9. The van der Waals surface area contributed by atoms with Crippen molar-refractivity contribution < 1.29 is 17.9 Å². The van der Waals surface area contributed by atoms with Crippen LogP contribution in [0.25, 0.3) is 0 Å². The SMILES string of the molecule is CCNC(=NCCCOCC1CCCO1)NCCNS(=O)(=O)c1ccc(C)cc1.I. The Kier molecular flexibility index (Phi) is 13.5. The summed E-state index contributed by atoms with van der Waals surface area (Å²) in [6.07, 6.45) is 3.28. The van der Waals surface area contributed by atoms with Crippen molar-refractivity contribution >= 4 is 40.0 Å². The Labute approximate surface area is 197 Å². The highest BCUT2D eigenvalue weighted by Gasteiger charge is 2.15. The van der Waals surface area contributed by atoms with E-state index in [0.717, 1.165) is 38.0 Å². The lowest BCUT2D eigenvalue weighted by Crippen LogP contribution is -2.41. The first-order valence-corrected chi connectivity index (χ1v) is 11.8. The van der Waals surface area contributed by atoms with Gasteiger partial charge in [0.15, 0.2) is 5.96 Å². The Morgan fingerprint density at radius 2 is 2.00 bits per heavy atom. The number of nitrogens with one attached hydrogen (secondary N) is 3. The minimum absolute atomic E-state index is 0. The quantitative estimate of drug-likeness (QED) is 0.158. The number of aryl methyl sites for hydroxylation is 1. The van der Waals surface area contributed by atoms with Gasteiger partial charge >= 0.3 is 0 Å². The number of nitrogens with zero attached hydrogens (tertiary/aromatic N) is 1. The van der Waals surface area contributed by atoms with Crippen molar-refractivity contribution in [1.82, 2.24) is 15.4 Å². The Bertz CT molecular complexity index is 723. The fourth-order valence-corrected chi connectivity index (χ4v) is 3.89. The molecule has 1 aliphatic rings. The molecule has 8 nitrogen and oxygen atoms in total. The third kappa shape index (κ3) is 10.4. The van der Waals surface area contributed by atoms with Crippen molar-refractivity contribution in [1.29, 1.82) is 0 Å². The van der Waals surface area contributed by atoms with Crippen LogP contribution in [0.1, 0.15) is 31.7 Å². The van der Waals surface area contributed by atoms with Crippen molar-refractivity contribution in [3.8, 4) is 0 Å². The van der Waals surface area contributed by atoms with E-state index >= 15 is 0 Å². The molecule has 1 aromatic carbocycles. The van der Waals surface area contributed by atoms with Gasteiger partial charge in [-0.25, -0.2) is 13.1 Å². The highest BCUT2D eigenvalue weighted by Crippen LogP contribution is 2.12. The number of benzene rings is 1. The summed E-state index contributed by atoms with van der Waals surface area (Å²) in [5.41, 5.74) is 1.02. The predicted molar refractivity (Wildman–Crippen MR) is 130 cm³/mol. The standard InChI is InChI=1S/C20H34N4O4S.HI/c1-3-21-20(22-11-5-14-27-16-18-6-4-15-28-18)23-12-13-24-29(25,26)19-9-7-17(2)8-10-19;/h7-10,18,24H,3-6,11-16H2,1-2H3,(H2,21,22,23);1H. The maximum absolute atomic E-state index is 12.3. The molecule has 1 unspecified atom stereocenters. The first-order chi connectivity index (χ1) is 14.0. The highest BCUT2D eigenvalue weighted by molar-refractivity contribution is 14.0. The van der Waals surface area contributed by atoms with Crippen LogP contribution in [0.2, 0.25) is 0 Å². The van der Waals surface area contributed by atoms with Gasteiger partial charge in [-0.05, 0) is 45.2 Å². The van der Waals surface area contributed by atoms with E-state index < -0.39 is 10.0 Å². The van der Waals surface area contributed by atoms with Gasteiger partial charge in [0.05, 0.1) is 17.6 Å². The average Bonchev–Trinajstić information content (AvgIpc) is 3.21. The molecule has 1 aliphatic heterocycles. The molecule has 0 bridgehead atoms. The van der Waals surface area contributed by atoms with E-state index in [1.807, 2.05) is 13.8 Å². The van der Waals surface area contributed by atoms with E-state index in [1.54, 1.807) is 24.3 Å². The van der Waals surface area contributed by atoms with Crippen molar-refractivity contribution in [2.45, 2.75) is 44.1 Å². The van der Waals surface area contributed by atoms with Crippen LogP contribution in [0.3, 0.4) is 0 Å². The van der Waals surface area contributed by atoms with Gasteiger partial charge in [0.1, 0.15) is 0 Å². The summed E-state index contributed by atoms with van der Waals surface area (Å²) < 4.78 is 38.3. The minimum Gasteiger partial charge on any atom is -0.379 e. The van der Waals surface area contributed by atoms with Gasteiger partial charge in [0.2, 0.25) is 10.0 Å². The summed E-state index contributed by atoms with van der Waals surface area (Å²) in [7, 11) is -3.50. The van der Waals surface area contributed by atoms with E-state index in [-0.39, 0.29) is 41.5 Å². The molecule has 0 spiro atoms. The number of rotatable bonds is 12. The van der Waals surface area contributed by atoms with Gasteiger partial charge in [0, 0.05) is 39.4 Å². The average molecular weight is 554 g/mol. The fourth-order valence-electron chi connectivity index (χ4n) is 2.86. The zero-order valence-electron chi connectivity index (χ0n) is 17.9. The first-order valence-electron chi connectivity index (χ1n) is 10.3. The smallest absolute Gasteiger partial charge is 0.240 e.